The number of primary amides is 1. The van der Waals surface area contributed by atoms with Crippen LogP contribution in [0.4, 0.5) is 10.5 Å². The Morgan fingerprint density at radius 2 is 1.27 bits per heavy atom. The van der Waals surface area contributed by atoms with Gasteiger partial charge in [-0.2, -0.15) is 0 Å². The molecule has 2 aliphatic rings. The van der Waals surface area contributed by atoms with E-state index in [0.29, 0.717) is 15.7 Å². The Balaban J connectivity index is 0.000000228. The first kappa shape index (κ1) is 31.5. The molecule has 0 unspecified atom stereocenters. The van der Waals surface area contributed by atoms with Crippen molar-refractivity contribution in [3.63, 3.8) is 0 Å². The molecular formula is C32H40Cl2N4O2. The van der Waals surface area contributed by atoms with Gasteiger partial charge < -0.3 is 20.9 Å². The minimum Gasteiger partial charge on any atom is -0.370 e. The SMILES string of the molecule is CC(N)=O.CN(C(=O)Nc1cc(Cl)cc(Cl)c1)C1CCN(C2CCCC2)CC1.c1ccc(-c2ccccc2)cc1. The first-order valence-corrected chi connectivity index (χ1v) is 14.6. The molecule has 0 radical (unpaired) electrons. The lowest BCUT2D eigenvalue weighted by Crippen LogP contribution is -2.49. The summed E-state index contributed by atoms with van der Waals surface area (Å²) < 4.78 is 0. The zero-order valence-corrected chi connectivity index (χ0v) is 24.9. The molecule has 6 nitrogen and oxygen atoms in total. The highest BCUT2D eigenvalue weighted by molar-refractivity contribution is 6.35. The molecule has 3 N–H and O–H groups in total. The number of nitrogens with zero attached hydrogens (tertiary/aromatic N) is 2. The standard InChI is InChI=1S/C18H25Cl2N3O.C12H10.C2H5NO/c1-22(18(24)21-15-11-13(19)10-14(20)12-15)16-6-8-23(9-7-16)17-4-2-3-5-17;1-3-7-11(8-4-1)12-9-5-2-6-10-12;1-2(3)4/h10-12,16-17H,2-9H2,1H3,(H,21,24);1-10H;1H3,(H2,3,4). The Labute approximate surface area is 248 Å². The number of urea groups is 1. The average molecular weight is 584 g/mol. The number of rotatable bonds is 4. The first-order valence-electron chi connectivity index (χ1n) is 13.8. The Bertz CT molecular complexity index is 1130. The highest BCUT2D eigenvalue weighted by Gasteiger charge is 2.30. The predicted octanol–water partition coefficient (Wildman–Crippen LogP) is 7.71. The van der Waals surface area contributed by atoms with Crippen LogP contribution in [0.15, 0.2) is 78.9 Å². The lowest BCUT2D eigenvalue weighted by molar-refractivity contribution is -0.115. The van der Waals surface area contributed by atoms with Gasteiger partial charge in [-0.3, -0.25) is 4.79 Å². The zero-order chi connectivity index (χ0) is 28.9. The van der Waals surface area contributed by atoms with Gasteiger partial charge in [0.05, 0.1) is 0 Å². The van der Waals surface area contributed by atoms with Crippen LogP contribution in [0.1, 0.15) is 45.4 Å². The molecular weight excluding hydrogens is 543 g/mol. The van der Waals surface area contributed by atoms with Crippen LogP contribution in [0.2, 0.25) is 10.0 Å². The smallest absolute Gasteiger partial charge is 0.321 e. The van der Waals surface area contributed by atoms with Gasteiger partial charge in [0.15, 0.2) is 0 Å². The van der Waals surface area contributed by atoms with Gasteiger partial charge in [0, 0.05) is 54.9 Å². The zero-order valence-electron chi connectivity index (χ0n) is 23.4. The summed E-state index contributed by atoms with van der Waals surface area (Å²) in [4.78, 5) is 26.1. The molecule has 3 aromatic rings. The van der Waals surface area contributed by atoms with Crippen molar-refractivity contribution in [2.24, 2.45) is 5.73 Å². The fourth-order valence-electron chi connectivity index (χ4n) is 5.17. The van der Waals surface area contributed by atoms with Crippen molar-refractivity contribution >= 4 is 40.8 Å². The van der Waals surface area contributed by atoms with Crippen molar-refractivity contribution in [1.29, 1.82) is 0 Å². The van der Waals surface area contributed by atoms with E-state index in [1.807, 2.05) is 24.1 Å². The maximum absolute atomic E-state index is 12.5. The van der Waals surface area contributed by atoms with E-state index in [1.165, 1.54) is 43.7 Å². The summed E-state index contributed by atoms with van der Waals surface area (Å²) in [5, 5.41) is 3.93. The van der Waals surface area contributed by atoms with E-state index in [9.17, 15) is 9.59 Å². The van der Waals surface area contributed by atoms with Crippen LogP contribution < -0.4 is 11.1 Å². The van der Waals surface area contributed by atoms with Gasteiger partial charge in [0.2, 0.25) is 5.91 Å². The summed E-state index contributed by atoms with van der Waals surface area (Å²) in [7, 11) is 1.87. The van der Waals surface area contributed by atoms with Crippen LogP contribution in [-0.4, -0.2) is 54.0 Å². The van der Waals surface area contributed by atoms with Crippen molar-refractivity contribution in [3.05, 3.63) is 88.9 Å². The second kappa shape index (κ2) is 16.3. The van der Waals surface area contributed by atoms with Gasteiger partial charge in [0.25, 0.3) is 0 Å². The normalized spacial score (nSPS) is 15.7. The lowest BCUT2D eigenvalue weighted by atomic mass is 10.0. The molecule has 1 heterocycles. The van der Waals surface area contributed by atoms with E-state index in [0.717, 1.165) is 32.0 Å². The molecule has 214 valence electrons. The molecule has 2 fully saturated rings. The number of hydrogen-bond acceptors (Lipinski definition) is 3. The molecule has 3 aromatic carbocycles. The largest absolute Gasteiger partial charge is 0.370 e. The van der Waals surface area contributed by atoms with Crippen LogP contribution in [0.5, 0.6) is 0 Å². The topological polar surface area (TPSA) is 78.7 Å². The van der Waals surface area contributed by atoms with Crippen LogP contribution >= 0.6 is 23.2 Å². The minimum atomic E-state index is -0.333. The number of carbonyl (C=O) groups excluding carboxylic acids is 2. The van der Waals surface area contributed by atoms with Crippen LogP contribution in [0.25, 0.3) is 11.1 Å². The third-order valence-electron chi connectivity index (χ3n) is 7.20. The van der Waals surface area contributed by atoms with Crippen molar-refractivity contribution in [3.8, 4) is 11.1 Å². The fraction of sp³-hybridized carbons (Fsp3) is 0.375. The summed E-state index contributed by atoms with van der Waals surface area (Å²) in [5.74, 6) is -0.333. The summed E-state index contributed by atoms with van der Waals surface area (Å²) >= 11 is 12.0. The summed E-state index contributed by atoms with van der Waals surface area (Å²) in [6, 6.07) is 26.8. The lowest BCUT2D eigenvalue weighted by Gasteiger charge is -2.39. The van der Waals surface area contributed by atoms with E-state index >= 15 is 0 Å². The number of benzene rings is 3. The van der Waals surface area contributed by atoms with Gasteiger partial charge in [-0.25, -0.2) is 4.79 Å². The number of piperidine rings is 1. The number of nitrogens with one attached hydrogen (secondary N) is 1. The van der Waals surface area contributed by atoms with Crippen molar-refractivity contribution in [2.45, 2.75) is 57.5 Å². The third kappa shape index (κ3) is 10.5. The molecule has 0 aromatic heterocycles. The Hall–Kier alpha value is -3.06. The van der Waals surface area contributed by atoms with Crippen molar-refractivity contribution < 1.29 is 9.59 Å². The summed E-state index contributed by atoms with van der Waals surface area (Å²) in [5.41, 5.74) is 7.66. The maximum Gasteiger partial charge on any atom is 0.321 e. The third-order valence-corrected chi connectivity index (χ3v) is 7.64. The molecule has 1 saturated heterocycles. The quantitative estimate of drug-likeness (QED) is 0.330. The number of nitrogens with two attached hydrogens (primary N) is 1. The van der Waals surface area contributed by atoms with Crippen LogP contribution in [-0.2, 0) is 4.79 Å². The number of anilines is 1. The van der Waals surface area contributed by atoms with Crippen molar-refractivity contribution in [1.82, 2.24) is 9.80 Å². The van der Waals surface area contributed by atoms with E-state index in [2.05, 4.69) is 64.5 Å². The molecule has 0 spiro atoms. The summed E-state index contributed by atoms with van der Waals surface area (Å²) in [6.07, 6.45) is 7.50. The molecule has 3 amide bonds. The molecule has 40 heavy (non-hydrogen) atoms. The maximum atomic E-state index is 12.5. The van der Waals surface area contributed by atoms with Crippen LogP contribution in [0, 0.1) is 0 Å². The van der Waals surface area contributed by atoms with Gasteiger partial charge in [0.1, 0.15) is 0 Å². The molecule has 1 saturated carbocycles. The highest BCUT2D eigenvalue weighted by Crippen LogP contribution is 2.28. The first-order chi connectivity index (χ1) is 19.2. The Kier molecular flexibility index (Phi) is 12.8. The second-order valence-electron chi connectivity index (χ2n) is 10.2. The molecule has 8 heteroatoms. The predicted molar refractivity (Wildman–Crippen MR) is 167 cm³/mol. The fourth-order valence-corrected chi connectivity index (χ4v) is 5.70. The van der Waals surface area contributed by atoms with Gasteiger partial charge in [-0.05, 0) is 55.0 Å². The number of likely N-dealkylation sites (tertiary alicyclic amines) is 1. The Morgan fingerprint density at radius 3 is 1.73 bits per heavy atom. The number of hydrogen-bond donors (Lipinski definition) is 2. The second-order valence-corrected chi connectivity index (χ2v) is 11.1. The number of amides is 3. The van der Waals surface area contributed by atoms with E-state index < -0.39 is 0 Å². The highest BCUT2D eigenvalue weighted by atomic mass is 35.5. The summed E-state index contributed by atoms with van der Waals surface area (Å²) in [6.45, 7) is 3.49. The molecule has 0 bridgehead atoms. The number of carbonyl (C=O) groups is 2. The number of halogens is 2. The van der Waals surface area contributed by atoms with E-state index in [-0.39, 0.29) is 18.0 Å². The van der Waals surface area contributed by atoms with E-state index in [4.69, 9.17) is 23.2 Å². The van der Waals surface area contributed by atoms with Gasteiger partial charge in [-0.15, -0.1) is 0 Å². The van der Waals surface area contributed by atoms with Gasteiger partial charge >= 0.3 is 6.03 Å². The minimum absolute atomic E-state index is 0.104. The van der Waals surface area contributed by atoms with E-state index in [1.54, 1.807) is 18.2 Å². The molecule has 1 aliphatic carbocycles. The molecule has 0 atom stereocenters. The monoisotopic (exact) mass is 582 g/mol. The van der Waals surface area contributed by atoms with Gasteiger partial charge in [-0.1, -0.05) is 96.7 Å². The van der Waals surface area contributed by atoms with Crippen LogP contribution in [0.3, 0.4) is 0 Å². The van der Waals surface area contributed by atoms with Crippen molar-refractivity contribution in [2.75, 3.05) is 25.5 Å². The molecule has 1 aliphatic heterocycles. The molecule has 5 rings (SSSR count). The average Bonchev–Trinajstić information content (AvgIpc) is 3.48. The Morgan fingerprint density at radius 1 is 0.825 bits per heavy atom.